The van der Waals surface area contributed by atoms with Gasteiger partial charge in [0.25, 0.3) is 5.91 Å². The maximum Gasteiger partial charge on any atom is 0.408 e. The number of nitrogens with one attached hydrogen (secondary N) is 2. The van der Waals surface area contributed by atoms with Gasteiger partial charge in [-0.05, 0) is 54.8 Å². The Hall–Kier alpha value is -6.47. The van der Waals surface area contributed by atoms with Crippen LogP contribution in [0.5, 0.6) is 0 Å². The Morgan fingerprint density at radius 1 is 0.866 bits per heavy atom. The third-order valence-electron chi connectivity index (χ3n) is 14.0. The van der Waals surface area contributed by atoms with Crippen LogP contribution in [0.15, 0.2) is 102 Å². The summed E-state index contributed by atoms with van der Waals surface area (Å²) in [5, 5.41) is 52.1. The first-order valence-corrected chi connectivity index (χ1v) is 21.9. The van der Waals surface area contributed by atoms with Gasteiger partial charge in [-0.25, -0.2) is 14.4 Å². The minimum Gasteiger partial charge on any atom is -0.481 e. The first kappa shape index (κ1) is 48.5. The highest BCUT2D eigenvalue weighted by molar-refractivity contribution is 5.96. The monoisotopic (exact) mass is 926 g/mol. The average molecular weight is 927 g/mol. The Morgan fingerprint density at radius 3 is 2.03 bits per heavy atom. The number of ether oxygens (including phenoxy) is 5. The minimum absolute atomic E-state index is 0.0240. The van der Waals surface area contributed by atoms with E-state index in [1.54, 1.807) is 78.9 Å². The summed E-state index contributed by atoms with van der Waals surface area (Å²) in [4.78, 5) is 96.1. The van der Waals surface area contributed by atoms with E-state index in [0.717, 1.165) is 6.92 Å². The molecule has 18 nitrogen and oxygen atoms in total. The quantitative estimate of drug-likeness (QED) is 0.0815. The third-order valence-corrected chi connectivity index (χ3v) is 14.0. The summed E-state index contributed by atoms with van der Waals surface area (Å²) in [5.74, 6) is -7.63. The fourth-order valence-electron chi connectivity index (χ4n) is 10.4. The molecule has 11 atom stereocenters. The lowest BCUT2D eigenvalue weighted by Gasteiger charge is -2.67. The second kappa shape index (κ2) is 18.7. The number of carbonyl (C=O) groups excluding carboxylic acids is 6. The number of fused-ring (bicyclic) bond motifs is 5. The van der Waals surface area contributed by atoms with Gasteiger partial charge in [-0.2, -0.15) is 0 Å². The van der Waals surface area contributed by atoms with E-state index in [1.807, 2.05) is 0 Å². The van der Waals surface area contributed by atoms with Crippen LogP contribution in [0.3, 0.4) is 0 Å². The van der Waals surface area contributed by atoms with E-state index in [-0.39, 0.29) is 35.3 Å². The van der Waals surface area contributed by atoms with E-state index < -0.39 is 132 Å². The lowest BCUT2D eigenvalue weighted by molar-refractivity contribution is -0.345. The van der Waals surface area contributed by atoms with Gasteiger partial charge in [-0.3, -0.25) is 19.2 Å². The van der Waals surface area contributed by atoms with Gasteiger partial charge in [0.2, 0.25) is 0 Å². The summed E-state index contributed by atoms with van der Waals surface area (Å²) in [6, 6.07) is 22.5. The number of hydrogen-bond acceptors (Lipinski definition) is 15. The zero-order valence-electron chi connectivity index (χ0n) is 37.5. The summed E-state index contributed by atoms with van der Waals surface area (Å²) < 4.78 is 30.4. The van der Waals surface area contributed by atoms with Crippen molar-refractivity contribution < 1.29 is 77.7 Å². The van der Waals surface area contributed by atoms with Gasteiger partial charge in [0, 0.05) is 37.3 Å². The zero-order valence-corrected chi connectivity index (χ0v) is 37.5. The number of ketones is 1. The van der Waals surface area contributed by atoms with Gasteiger partial charge in [-0.1, -0.05) is 80.6 Å². The highest BCUT2D eigenvalue weighted by Gasteiger charge is 2.78. The van der Waals surface area contributed by atoms with E-state index in [9.17, 15) is 49.2 Å². The number of aliphatic carboxylic acids is 1. The van der Waals surface area contributed by atoms with E-state index in [1.165, 1.54) is 39.8 Å². The van der Waals surface area contributed by atoms with Crippen LogP contribution in [0.25, 0.3) is 0 Å². The molecule has 3 aliphatic carbocycles. The Balaban J connectivity index is 1.40. The Morgan fingerprint density at radius 2 is 1.46 bits per heavy atom. The molecule has 2 amide bonds. The maximum atomic E-state index is 15.7. The molecule has 1 aliphatic heterocycles. The van der Waals surface area contributed by atoms with E-state index in [2.05, 4.69) is 10.6 Å². The number of amides is 2. The molecule has 4 aliphatic rings. The van der Waals surface area contributed by atoms with Crippen molar-refractivity contribution in [2.75, 3.05) is 13.2 Å². The summed E-state index contributed by atoms with van der Waals surface area (Å²) in [5.41, 5.74) is -7.83. The standard InChI is InChI=1S/C49H54N2O16/c1-26-31(64-44(60)37(56)36(28-15-9-6-10-16-28)51-42(58)29-17-11-7-12-18-29)24-49(62)41(66-43(59)30-19-13-8-14-20-30)39-47(5,32(53)23-33-48(39,25-63-33)67-27(2)52)40(57)38(35(26)46(49,3)4)65-45(61)50-22-21-34(54)55/h6-20,31-33,36-39,41,53,56,62H,21-25H2,1-5H3,(H,50,61)(H,51,58)(H,54,55)/t31-,32-,33+,36-,37+,38+,39-,41-,47+,48-,49+/m0/s1. The van der Waals surface area contributed by atoms with Gasteiger partial charge in [0.1, 0.15) is 23.9 Å². The van der Waals surface area contributed by atoms with Crippen LogP contribution in [-0.4, -0.2) is 123 Å². The van der Waals surface area contributed by atoms with Crippen molar-refractivity contribution in [2.45, 2.75) is 108 Å². The molecule has 1 saturated heterocycles. The van der Waals surface area contributed by atoms with Gasteiger partial charge in [0.15, 0.2) is 23.6 Å². The number of rotatable bonds is 13. The van der Waals surface area contributed by atoms with Gasteiger partial charge in [0.05, 0.1) is 42.1 Å². The molecule has 3 fully saturated rings. The van der Waals surface area contributed by atoms with E-state index in [0.29, 0.717) is 5.56 Å². The molecule has 6 N–H and O–H groups in total. The molecule has 356 valence electrons. The number of esters is 3. The number of carboxylic acids is 1. The molecule has 0 radical (unpaired) electrons. The van der Waals surface area contributed by atoms with Crippen LogP contribution in [0.4, 0.5) is 4.79 Å². The number of carbonyl (C=O) groups is 7. The lowest BCUT2D eigenvalue weighted by Crippen LogP contribution is -2.82. The molecule has 3 aromatic carbocycles. The molecule has 18 heteroatoms. The minimum atomic E-state index is -2.50. The van der Waals surface area contributed by atoms with E-state index >= 15 is 4.79 Å². The first-order chi connectivity index (χ1) is 31.7. The molecule has 0 unspecified atom stereocenters. The fraction of sp³-hybridized carbons (Fsp3) is 0.449. The fourth-order valence-corrected chi connectivity index (χ4v) is 10.4. The predicted octanol–water partition coefficient (Wildman–Crippen LogP) is 3.37. The second-order valence-corrected chi connectivity index (χ2v) is 18.2. The first-order valence-electron chi connectivity index (χ1n) is 21.9. The van der Waals surface area contributed by atoms with Crippen LogP contribution >= 0.6 is 0 Å². The van der Waals surface area contributed by atoms with E-state index in [4.69, 9.17) is 23.7 Å². The van der Waals surface area contributed by atoms with Crippen LogP contribution in [0, 0.1) is 16.7 Å². The number of aliphatic hydroxyl groups is 3. The molecule has 67 heavy (non-hydrogen) atoms. The highest BCUT2D eigenvalue weighted by Crippen LogP contribution is 2.64. The van der Waals surface area contributed by atoms with Crippen molar-refractivity contribution in [1.29, 1.82) is 0 Å². The number of aliphatic hydroxyl groups excluding tert-OH is 2. The van der Waals surface area contributed by atoms with Crippen molar-refractivity contribution in [2.24, 2.45) is 16.7 Å². The predicted molar refractivity (Wildman–Crippen MR) is 233 cm³/mol. The summed E-state index contributed by atoms with van der Waals surface area (Å²) >= 11 is 0. The second-order valence-electron chi connectivity index (χ2n) is 18.2. The summed E-state index contributed by atoms with van der Waals surface area (Å²) in [6.07, 6.45) is -13.1. The van der Waals surface area contributed by atoms with Crippen molar-refractivity contribution in [3.63, 3.8) is 0 Å². The maximum absolute atomic E-state index is 15.7. The zero-order chi connectivity index (χ0) is 48.6. The number of carboxylic acid groups (broad SMARTS) is 1. The number of hydrogen-bond donors (Lipinski definition) is 6. The smallest absolute Gasteiger partial charge is 0.408 e. The molecule has 3 aromatic rings. The largest absolute Gasteiger partial charge is 0.481 e. The Kier molecular flexibility index (Phi) is 13.5. The highest BCUT2D eigenvalue weighted by atomic mass is 16.6. The topological polar surface area (TPSA) is 271 Å². The van der Waals surface area contributed by atoms with Gasteiger partial charge >= 0.3 is 30.0 Å². The molecule has 2 bridgehead atoms. The number of alkyl carbamates (subject to hydrolysis) is 1. The molecule has 0 spiro atoms. The van der Waals surface area contributed by atoms with Crippen LogP contribution in [0.2, 0.25) is 0 Å². The average Bonchev–Trinajstić information content (AvgIpc) is 3.29. The third kappa shape index (κ3) is 8.70. The summed E-state index contributed by atoms with van der Waals surface area (Å²) in [7, 11) is 0. The molecular weight excluding hydrogens is 873 g/mol. The van der Waals surface area contributed by atoms with Crippen LogP contribution in [0.1, 0.15) is 86.2 Å². The molecular formula is C49H54N2O16. The normalized spacial score (nSPS) is 30.2. The Labute approximate surface area is 385 Å². The molecule has 2 saturated carbocycles. The molecule has 1 heterocycles. The molecule has 0 aromatic heterocycles. The van der Waals surface area contributed by atoms with Gasteiger partial charge in [-0.15, -0.1) is 0 Å². The lowest BCUT2D eigenvalue weighted by atomic mass is 9.44. The SMILES string of the molecule is CC(=O)O[C@@]12CO[C@@H]1C[C@H](O)[C@@]1(C)C(=O)[C@H](OC(=O)NCCC(=O)O)C3=C(C)[C@@H](OC(=O)[C@H](O)[C@@H](NC(=O)c4ccccc4)c4ccccc4)C[C@@](O)([C@@H](OC(=O)c4ccccc4)[C@H]21)C3(C)C. The van der Waals surface area contributed by atoms with Crippen LogP contribution < -0.4 is 10.6 Å². The van der Waals surface area contributed by atoms with Gasteiger partial charge < -0.3 is 54.7 Å². The number of Topliss-reactive ketones (excluding diaryl/α,β-unsaturated/α-hetero) is 1. The van der Waals surface area contributed by atoms with Crippen molar-refractivity contribution >= 4 is 41.7 Å². The Bertz CT molecular complexity index is 2450. The summed E-state index contributed by atoms with van der Waals surface area (Å²) in [6.45, 7) is 6.10. The van der Waals surface area contributed by atoms with Crippen molar-refractivity contribution in [3.8, 4) is 0 Å². The van der Waals surface area contributed by atoms with Crippen LogP contribution in [-0.2, 0) is 42.9 Å². The van der Waals surface area contributed by atoms with Crippen molar-refractivity contribution in [3.05, 3.63) is 119 Å². The molecule has 7 rings (SSSR count). The number of benzene rings is 3. The van der Waals surface area contributed by atoms with Crippen molar-refractivity contribution in [1.82, 2.24) is 10.6 Å².